The highest BCUT2D eigenvalue weighted by atomic mass is 16.5. The van der Waals surface area contributed by atoms with E-state index in [-0.39, 0.29) is 5.97 Å². The highest BCUT2D eigenvalue weighted by Crippen LogP contribution is 2.27. The smallest absolute Gasteiger partial charge is 0.331 e. The van der Waals surface area contributed by atoms with Crippen LogP contribution in [0.4, 0.5) is 5.69 Å². The molecule has 1 rings (SSSR count). The minimum Gasteiger partial charge on any atom is -0.464 e. The van der Waals surface area contributed by atoms with E-state index in [9.17, 15) is 4.79 Å². The normalized spacial score (nSPS) is 11.2. The summed E-state index contributed by atoms with van der Waals surface area (Å²) >= 11 is 0. The Bertz CT molecular complexity index is 438. The Morgan fingerprint density at radius 3 is 2.44 bits per heavy atom. The lowest BCUT2D eigenvalue weighted by Crippen LogP contribution is -2.49. The summed E-state index contributed by atoms with van der Waals surface area (Å²) in [6, 6.07) is 6.22. The molecule has 0 saturated carbocycles. The number of aryl methyl sites for hydroxylation is 2. The summed E-state index contributed by atoms with van der Waals surface area (Å²) in [5.74, 6) is -0.201. The molecular formula is C15H23NO2. The van der Waals surface area contributed by atoms with Gasteiger partial charge in [0.1, 0.15) is 5.54 Å². The molecule has 0 heterocycles. The third-order valence-electron chi connectivity index (χ3n) is 3.33. The molecule has 1 aromatic carbocycles. The third-order valence-corrected chi connectivity index (χ3v) is 3.33. The summed E-state index contributed by atoms with van der Waals surface area (Å²) in [6.45, 7) is 10.1. The minimum absolute atomic E-state index is 0.201. The molecule has 3 nitrogen and oxygen atoms in total. The summed E-state index contributed by atoms with van der Waals surface area (Å²) in [5.41, 5.74) is 2.77. The fourth-order valence-corrected chi connectivity index (χ4v) is 1.93. The van der Waals surface area contributed by atoms with Gasteiger partial charge in [0.15, 0.2) is 0 Å². The first-order chi connectivity index (χ1) is 8.30. The van der Waals surface area contributed by atoms with Crippen LogP contribution in [-0.2, 0) is 9.53 Å². The van der Waals surface area contributed by atoms with E-state index in [0.717, 1.165) is 11.3 Å². The van der Waals surface area contributed by atoms with E-state index in [2.05, 4.69) is 26.0 Å². The van der Waals surface area contributed by atoms with E-state index < -0.39 is 5.54 Å². The van der Waals surface area contributed by atoms with Crippen LogP contribution in [0.25, 0.3) is 0 Å². The molecule has 0 aliphatic carbocycles. The predicted molar refractivity (Wildman–Crippen MR) is 75.0 cm³/mol. The second-order valence-corrected chi connectivity index (χ2v) is 5.13. The van der Waals surface area contributed by atoms with Crippen LogP contribution in [0, 0.1) is 13.8 Å². The average Bonchev–Trinajstić information content (AvgIpc) is 2.28. The van der Waals surface area contributed by atoms with Gasteiger partial charge in [0.05, 0.1) is 6.61 Å². The number of carbonyl (C=O) groups excluding carboxylic acids is 1. The van der Waals surface area contributed by atoms with E-state index in [1.54, 1.807) is 0 Å². The molecule has 0 aromatic heterocycles. The number of hydrogen-bond donors (Lipinski definition) is 0. The molecule has 0 fully saturated rings. The monoisotopic (exact) mass is 249 g/mol. The van der Waals surface area contributed by atoms with Gasteiger partial charge in [-0.2, -0.15) is 0 Å². The molecule has 0 bridgehead atoms. The fraction of sp³-hybridized carbons (Fsp3) is 0.533. The van der Waals surface area contributed by atoms with Crippen molar-refractivity contribution < 1.29 is 9.53 Å². The van der Waals surface area contributed by atoms with Crippen LogP contribution >= 0.6 is 0 Å². The van der Waals surface area contributed by atoms with Gasteiger partial charge < -0.3 is 9.64 Å². The highest BCUT2D eigenvalue weighted by molar-refractivity contribution is 5.84. The molecule has 0 spiro atoms. The van der Waals surface area contributed by atoms with Gasteiger partial charge in [-0.1, -0.05) is 17.7 Å². The average molecular weight is 249 g/mol. The van der Waals surface area contributed by atoms with Crippen molar-refractivity contribution >= 4 is 11.7 Å². The summed E-state index contributed by atoms with van der Waals surface area (Å²) in [4.78, 5) is 14.0. The van der Waals surface area contributed by atoms with Crippen molar-refractivity contribution in [3.05, 3.63) is 29.3 Å². The number of rotatable bonds is 4. The van der Waals surface area contributed by atoms with Gasteiger partial charge in [0.2, 0.25) is 0 Å². The van der Waals surface area contributed by atoms with Gasteiger partial charge in [0.25, 0.3) is 0 Å². The molecule has 0 saturated heterocycles. The van der Waals surface area contributed by atoms with Crippen LogP contribution in [0.15, 0.2) is 18.2 Å². The van der Waals surface area contributed by atoms with Crippen LogP contribution in [0.1, 0.15) is 31.9 Å². The van der Waals surface area contributed by atoms with Crippen molar-refractivity contribution in [2.45, 2.75) is 40.2 Å². The number of anilines is 1. The number of carbonyl (C=O) groups is 1. The van der Waals surface area contributed by atoms with E-state index >= 15 is 0 Å². The zero-order chi connectivity index (χ0) is 13.9. The molecule has 0 atom stereocenters. The van der Waals surface area contributed by atoms with E-state index in [4.69, 9.17) is 4.74 Å². The summed E-state index contributed by atoms with van der Waals surface area (Å²) in [7, 11) is 1.93. The molecule has 1 aromatic rings. The van der Waals surface area contributed by atoms with Crippen molar-refractivity contribution in [2.75, 3.05) is 18.6 Å². The molecule has 0 radical (unpaired) electrons. The Labute approximate surface area is 110 Å². The van der Waals surface area contributed by atoms with Gasteiger partial charge in [-0.3, -0.25) is 0 Å². The Kier molecular flexibility index (Phi) is 4.38. The third kappa shape index (κ3) is 2.84. The van der Waals surface area contributed by atoms with Crippen molar-refractivity contribution in [3.63, 3.8) is 0 Å². The Morgan fingerprint density at radius 2 is 1.94 bits per heavy atom. The molecule has 18 heavy (non-hydrogen) atoms. The van der Waals surface area contributed by atoms with Crippen molar-refractivity contribution in [1.82, 2.24) is 0 Å². The molecule has 3 heteroatoms. The summed E-state index contributed by atoms with van der Waals surface area (Å²) in [5, 5.41) is 0. The van der Waals surface area contributed by atoms with Crippen LogP contribution in [-0.4, -0.2) is 25.2 Å². The van der Waals surface area contributed by atoms with Gasteiger partial charge in [-0.15, -0.1) is 0 Å². The maximum atomic E-state index is 12.0. The van der Waals surface area contributed by atoms with E-state index in [1.165, 1.54) is 5.56 Å². The molecule has 0 unspecified atom stereocenters. The largest absolute Gasteiger partial charge is 0.464 e. The number of benzene rings is 1. The molecular weight excluding hydrogens is 226 g/mol. The van der Waals surface area contributed by atoms with Gasteiger partial charge in [-0.25, -0.2) is 4.79 Å². The van der Waals surface area contributed by atoms with Gasteiger partial charge >= 0.3 is 5.97 Å². The number of hydrogen-bond acceptors (Lipinski definition) is 3. The quantitative estimate of drug-likeness (QED) is 0.768. The standard InChI is InChI=1S/C15H23NO2/c1-7-18-14(17)15(4,5)16(6)13-9-8-11(2)10-12(13)3/h8-10H,7H2,1-6H3. The van der Waals surface area contributed by atoms with Crippen LogP contribution < -0.4 is 4.90 Å². The Morgan fingerprint density at radius 1 is 1.33 bits per heavy atom. The highest BCUT2D eigenvalue weighted by Gasteiger charge is 2.34. The molecule has 0 aliphatic heterocycles. The first kappa shape index (κ1) is 14.6. The van der Waals surface area contributed by atoms with Crippen molar-refractivity contribution in [2.24, 2.45) is 0 Å². The second kappa shape index (κ2) is 5.42. The number of ether oxygens (including phenoxy) is 1. The lowest BCUT2D eigenvalue weighted by Gasteiger charge is -2.36. The fourth-order valence-electron chi connectivity index (χ4n) is 1.93. The van der Waals surface area contributed by atoms with E-state index in [1.807, 2.05) is 38.8 Å². The number of likely N-dealkylation sites (N-methyl/N-ethyl adjacent to an activating group) is 1. The van der Waals surface area contributed by atoms with Crippen molar-refractivity contribution in [1.29, 1.82) is 0 Å². The minimum atomic E-state index is -0.671. The van der Waals surface area contributed by atoms with Crippen LogP contribution in [0.5, 0.6) is 0 Å². The Balaban J connectivity index is 3.05. The maximum absolute atomic E-state index is 12.0. The van der Waals surface area contributed by atoms with Crippen LogP contribution in [0.3, 0.4) is 0 Å². The van der Waals surface area contributed by atoms with Gasteiger partial charge in [-0.05, 0) is 46.2 Å². The van der Waals surface area contributed by atoms with Crippen LogP contribution in [0.2, 0.25) is 0 Å². The van der Waals surface area contributed by atoms with Gasteiger partial charge in [0, 0.05) is 12.7 Å². The SMILES string of the molecule is CCOC(=O)C(C)(C)N(C)c1ccc(C)cc1C. The molecule has 0 amide bonds. The van der Waals surface area contributed by atoms with E-state index in [0.29, 0.717) is 6.61 Å². The predicted octanol–water partition coefficient (Wildman–Crippen LogP) is 3.08. The lowest BCUT2D eigenvalue weighted by atomic mass is 10.0. The second-order valence-electron chi connectivity index (χ2n) is 5.13. The Hall–Kier alpha value is -1.51. The first-order valence-corrected chi connectivity index (χ1v) is 6.29. The topological polar surface area (TPSA) is 29.5 Å². The van der Waals surface area contributed by atoms with Crippen molar-refractivity contribution in [3.8, 4) is 0 Å². The maximum Gasteiger partial charge on any atom is 0.331 e. The zero-order valence-electron chi connectivity index (χ0n) is 12.2. The lowest BCUT2D eigenvalue weighted by molar-refractivity contribution is -0.148. The molecule has 0 aliphatic rings. The summed E-state index contributed by atoms with van der Waals surface area (Å²) in [6.07, 6.45) is 0. The first-order valence-electron chi connectivity index (χ1n) is 6.29. The number of esters is 1. The summed E-state index contributed by atoms with van der Waals surface area (Å²) < 4.78 is 5.13. The number of nitrogens with zero attached hydrogens (tertiary/aromatic N) is 1. The molecule has 100 valence electrons. The zero-order valence-corrected chi connectivity index (χ0v) is 12.2. The molecule has 0 N–H and O–H groups in total.